The van der Waals surface area contributed by atoms with Crippen molar-refractivity contribution in [2.75, 3.05) is 5.32 Å². The van der Waals surface area contributed by atoms with Gasteiger partial charge in [0.2, 0.25) is 5.91 Å². The molecule has 6 aromatic heterocycles. The quantitative estimate of drug-likeness (QED) is 0.242. The summed E-state index contributed by atoms with van der Waals surface area (Å²) >= 11 is 1.34. The van der Waals surface area contributed by atoms with Gasteiger partial charge in [-0.15, -0.1) is 11.3 Å². The zero-order valence-corrected chi connectivity index (χ0v) is 21.3. The Morgan fingerprint density at radius 2 is 2.00 bits per heavy atom. The summed E-state index contributed by atoms with van der Waals surface area (Å²) in [5.74, 6) is -0.216. The first-order chi connectivity index (χ1) is 19.0. The number of carbonyl (C=O) groups excluding carboxylic acids is 2. The number of halogens is 1. The second-order valence-corrected chi connectivity index (χ2v) is 10.5. The molecule has 0 aliphatic heterocycles. The van der Waals surface area contributed by atoms with Crippen LogP contribution in [0, 0.1) is 11.7 Å². The number of aromatic nitrogens is 7. The van der Waals surface area contributed by atoms with Crippen LogP contribution in [0.25, 0.3) is 55.3 Å². The second-order valence-electron chi connectivity index (χ2n) is 9.37. The number of hydrogen-bond donors (Lipinski definition) is 3. The number of Topliss-reactive ketones (excluding diaryl/α,β-unsaturated/α-hetero) is 1. The molecule has 6 aromatic rings. The van der Waals surface area contributed by atoms with Crippen LogP contribution in [-0.4, -0.2) is 46.8 Å². The van der Waals surface area contributed by atoms with Crippen molar-refractivity contribution in [3.8, 4) is 33.2 Å². The van der Waals surface area contributed by atoms with Gasteiger partial charge in [-0.2, -0.15) is 5.10 Å². The summed E-state index contributed by atoms with van der Waals surface area (Å²) in [4.78, 5) is 46.4. The lowest BCUT2D eigenvalue weighted by molar-refractivity contribution is -0.117. The first kappa shape index (κ1) is 23.3. The number of amides is 1. The molecule has 1 amide bonds. The van der Waals surface area contributed by atoms with Gasteiger partial charge in [0.25, 0.3) is 0 Å². The highest BCUT2D eigenvalue weighted by molar-refractivity contribution is 7.17. The van der Waals surface area contributed by atoms with E-state index in [1.165, 1.54) is 36.9 Å². The highest BCUT2D eigenvalue weighted by Gasteiger charge is 2.29. The fourth-order valence-electron chi connectivity index (χ4n) is 4.46. The maximum Gasteiger partial charge on any atom is 0.227 e. The first-order valence-corrected chi connectivity index (χ1v) is 13.0. The number of hydrogen-bond acceptors (Lipinski definition) is 8. The number of fused-ring (bicyclic) bond motifs is 2. The molecule has 192 valence electrons. The molecular weight excluding hydrogens is 519 g/mol. The molecule has 0 unspecified atom stereocenters. The minimum Gasteiger partial charge on any atom is -0.337 e. The van der Waals surface area contributed by atoms with E-state index in [9.17, 15) is 9.59 Å². The van der Waals surface area contributed by atoms with Crippen LogP contribution in [0.2, 0.25) is 0 Å². The van der Waals surface area contributed by atoms with Crippen LogP contribution in [-0.2, 0) is 4.79 Å². The fraction of sp³-hybridized carbons (Fsp3) is 0.148. The predicted octanol–water partition coefficient (Wildman–Crippen LogP) is 5.38. The summed E-state index contributed by atoms with van der Waals surface area (Å²) in [5.41, 5.74) is 3.61. The summed E-state index contributed by atoms with van der Waals surface area (Å²) < 4.78 is 16.0. The normalized spacial score (nSPS) is 13.3. The SMILES string of the molecule is CC(=O)c1ccc(-c2nccc3[nH]c(-c4[nH]nc5ncc(-c6cncc(NC(=O)C7CC7)c6)c(F)c45)nc23)s1. The molecule has 0 bridgehead atoms. The van der Waals surface area contributed by atoms with Gasteiger partial charge < -0.3 is 10.3 Å². The number of carbonyl (C=O) groups is 2. The Morgan fingerprint density at radius 1 is 1.13 bits per heavy atom. The van der Waals surface area contributed by atoms with E-state index in [4.69, 9.17) is 4.98 Å². The van der Waals surface area contributed by atoms with Gasteiger partial charge in [-0.25, -0.2) is 14.4 Å². The molecule has 0 saturated heterocycles. The molecule has 39 heavy (non-hydrogen) atoms. The maximum absolute atomic E-state index is 16.0. The molecule has 6 heterocycles. The number of thiophene rings is 1. The van der Waals surface area contributed by atoms with Gasteiger partial charge in [0.05, 0.1) is 32.5 Å². The number of rotatable bonds is 6. The van der Waals surface area contributed by atoms with E-state index < -0.39 is 5.82 Å². The number of imidazole rings is 1. The number of anilines is 1. The smallest absolute Gasteiger partial charge is 0.227 e. The van der Waals surface area contributed by atoms with Crippen molar-refractivity contribution >= 4 is 50.8 Å². The molecule has 3 N–H and O–H groups in total. The van der Waals surface area contributed by atoms with Crippen LogP contribution < -0.4 is 5.32 Å². The molecule has 0 aromatic carbocycles. The van der Waals surface area contributed by atoms with Crippen LogP contribution >= 0.6 is 11.3 Å². The number of H-pyrrole nitrogens is 2. The molecule has 1 fully saturated rings. The van der Waals surface area contributed by atoms with E-state index in [0.717, 1.165) is 17.7 Å². The van der Waals surface area contributed by atoms with Gasteiger partial charge >= 0.3 is 0 Å². The summed E-state index contributed by atoms with van der Waals surface area (Å²) in [6, 6.07) is 7.06. The van der Waals surface area contributed by atoms with E-state index in [0.29, 0.717) is 44.4 Å². The van der Waals surface area contributed by atoms with Gasteiger partial charge in [0.15, 0.2) is 17.3 Å². The van der Waals surface area contributed by atoms with E-state index in [1.54, 1.807) is 24.4 Å². The standard InChI is InChI=1S/C27H19FN8O2S/c1-12(37)18-4-5-19(39-18)23-22-17(6-7-30-23)33-26(34-22)24-20-21(28)16(11-31-25(20)36-35-24)14-8-15(10-29-9-14)32-27(38)13-2-3-13/h4-11,13H,2-3H2,1H3,(H,32,38)(H,33,34)(H,31,35,36). The van der Waals surface area contributed by atoms with Crippen LogP contribution in [0.15, 0.2) is 49.1 Å². The van der Waals surface area contributed by atoms with Crippen molar-refractivity contribution < 1.29 is 14.0 Å². The zero-order valence-electron chi connectivity index (χ0n) is 20.4. The molecule has 1 saturated carbocycles. The van der Waals surface area contributed by atoms with Crippen LogP contribution in [0.3, 0.4) is 0 Å². The summed E-state index contributed by atoms with van der Waals surface area (Å²) in [6.07, 6.45) is 7.86. The number of nitrogens with one attached hydrogen (secondary N) is 3. The number of aromatic amines is 2. The van der Waals surface area contributed by atoms with Crippen molar-refractivity contribution in [2.24, 2.45) is 5.92 Å². The first-order valence-electron chi connectivity index (χ1n) is 12.2. The highest BCUT2D eigenvalue weighted by atomic mass is 32.1. The fourth-order valence-corrected chi connectivity index (χ4v) is 5.36. The number of pyridine rings is 3. The number of ketones is 1. The van der Waals surface area contributed by atoms with Crippen molar-refractivity contribution in [3.63, 3.8) is 0 Å². The molecule has 0 spiro atoms. The third kappa shape index (κ3) is 4.05. The average molecular weight is 539 g/mol. The molecular formula is C27H19FN8O2S. The van der Waals surface area contributed by atoms with Crippen molar-refractivity contribution in [2.45, 2.75) is 19.8 Å². The van der Waals surface area contributed by atoms with Gasteiger partial charge in [-0.3, -0.25) is 24.7 Å². The summed E-state index contributed by atoms with van der Waals surface area (Å²) in [5, 5.41) is 10.1. The average Bonchev–Trinajstić information content (AvgIpc) is 3.32. The molecule has 1 aliphatic rings. The Morgan fingerprint density at radius 3 is 2.79 bits per heavy atom. The summed E-state index contributed by atoms with van der Waals surface area (Å²) in [6.45, 7) is 1.52. The van der Waals surface area contributed by atoms with Gasteiger partial charge in [-0.1, -0.05) is 0 Å². The van der Waals surface area contributed by atoms with Gasteiger partial charge in [-0.05, 0) is 44.0 Å². The molecule has 1 aliphatic carbocycles. The van der Waals surface area contributed by atoms with Crippen molar-refractivity contribution in [1.82, 2.24) is 35.1 Å². The Kier molecular flexibility index (Phi) is 5.30. The molecule has 0 atom stereocenters. The Labute approximate surface area is 223 Å². The number of nitrogens with zero attached hydrogens (tertiary/aromatic N) is 5. The maximum atomic E-state index is 16.0. The topological polar surface area (TPSA) is 142 Å². The second kappa shape index (κ2) is 8.88. The Hall–Kier alpha value is -4.84. The van der Waals surface area contributed by atoms with Crippen molar-refractivity contribution in [1.29, 1.82) is 0 Å². The van der Waals surface area contributed by atoms with Crippen molar-refractivity contribution in [3.05, 3.63) is 59.7 Å². The molecule has 0 radical (unpaired) electrons. The van der Waals surface area contributed by atoms with Gasteiger partial charge in [0, 0.05) is 35.6 Å². The van der Waals surface area contributed by atoms with E-state index in [1.807, 2.05) is 6.07 Å². The van der Waals surface area contributed by atoms with Crippen LogP contribution in [0.5, 0.6) is 0 Å². The molecule has 7 rings (SSSR count). The minimum atomic E-state index is -0.542. The molecule has 10 nitrogen and oxygen atoms in total. The lowest BCUT2D eigenvalue weighted by Gasteiger charge is -2.08. The van der Waals surface area contributed by atoms with E-state index >= 15 is 4.39 Å². The zero-order chi connectivity index (χ0) is 26.7. The Balaban J connectivity index is 1.30. The van der Waals surface area contributed by atoms with Crippen LogP contribution in [0.1, 0.15) is 29.4 Å². The predicted molar refractivity (Wildman–Crippen MR) is 145 cm³/mol. The Bertz CT molecular complexity index is 1940. The van der Waals surface area contributed by atoms with E-state index in [2.05, 4.69) is 35.5 Å². The third-order valence-electron chi connectivity index (χ3n) is 6.61. The van der Waals surface area contributed by atoms with Crippen LogP contribution in [0.4, 0.5) is 10.1 Å². The van der Waals surface area contributed by atoms with E-state index in [-0.39, 0.29) is 34.2 Å². The third-order valence-corrected chi connectivity index (χ3v) is 7.80. The lowest BCUT2D eigenvalue weighted by atomic mass is 10.1. The van der Waals surface area contributed by atoms with Gasteiger partial charge in [0.1, 0.15) is 22.7 Å². The molecule has 12 heteroatoms. The lowest BCUT2D eigenvalue weighted by Crippen LogP contribution is -2.13. The highest BCUT2D eigenvalue weighted by Crippen LogP contribution is 2.36. The monoisotopic (exact) mass is 538 g/mol. The minimum absolute atomic E-state index is 0.0186. The largest absolute Gasteiger partial charge is 0.337 e. The summed E-state index contributed by atoms with van der Waals surface area (Å²) in [7, 11) is 0.